The molecule has 1 aliphatic heterocycles. The van der Waals surface area contributed by atoms with Gasteiger partial charge in [-0.05, 0) is 66.9 Å². The molecule has 0 atom stereocenters. The van der Waals surface area contributed by atoms with E-state index in [4.69, 9.17) is 9.47 Å². The number of hydrogen-bond acceptors (Lipinski definition) is 5. The highest BCUT2D eigenvalue weighted by Crippen LogP contribution is 2.36. The average Bonchev–Trinajstić information content (AvgIpc) is 3.01. The molecule has 0 aromatic heterocycles. The molecule has 1 fully saturated rings. The summed E-state index contributed by atoms with van der Waals surface area (Å²) in [5.74, 6) is -0.380. The zero-order valence-corrected chi connectivity index (χ0v) is 23.2. The third-order valence-electron chi connectivity index (χ3n) is 6.63. The standard InChI is InChI=1S/C35H30N2O5/c1-3-14-27-21-26(23-31(41-4-2)32(27)42-24-25-15-8-5-9-16-25)22-30-33(38)36(28-17-10-6-11-18-28)35(40)37(34(30)39)29-19-12-7-13-20-29/h3,5-13,15-23H,1,4,14,24H2,2H3. The molecule has 4 aromatic rings. The topological polar surface area (TPSA) is 76.2 Å². The molecule has 210 valence electrons. The van der Waals surface area contributed by atoms with E-state index in [2.05, 4.69) is 6.58 Å². The number of benzene rings is 4. The molecule has 1 heterocycles. The van der Waals surface area contributed by atoms with Gasteiger partial charge in [0.05, 0.1) is 18.0 Å². The van der Waals surface area contributed by atoms with E-state index in [1.807, 2.05) is 43.3 Å². The van der Waals surface area contributed by atoms with E-state index in [1.54, 1.807) is 72.8 Å². The molecule has 4 amide bonds. The van der Waals surface area contributed by atoms with Gasteiger partial charge >= 0.3 is 6.03 Å². The van der Waals surface area contributed by atoms with Crippen molar-refractivity contribution >= 4 is 35.3 Å². The number of imide groups is 2. The minimum atomic E-state index is -0.744. The maximum absolute atomic E-state index is 13.8. The second kappa shape index (κ2) is 12.8. The lowest BCUT2D eigenvalue weighted by atomic mass is 10.0. The van der Waals surface area contributed by atoms with Gasteiger partial charge in [0, 0.05) is 5.56 Å². The Morgan fingerprint density at radius 3 is 1.81 bits per heavy atom. The number of anilines is 2. The van der Waals surface area contributed by atoms with Crippen LogP contribution >= 0.6 is 0 Å². The summed E-state index contributed by atoms with van der Waals surface area (Å²) in [6.45, 7) is 6.47. The Kier molecular flexibility index (Phi) is 8.58. The molecule has 0 bridgehead atoms. The number of ether oxygens (including phenoxy) is 2. The molecule has 4 aromatic carbocycles. The van der Waals surface area contributed by atoms with Gasteiger partial charge in [-0.15, -0.1) is 6.58 Å². The number of allylic oxidation sites excluding steroid dienone is 1. The van der Waals surface area contributed by atoms with Crippen LogP contribution in [0.2, 0.25) is 0 Å². The van der Waals surface area contributed by atoms with Gasteiger partial charge in [0.25, 0.3) is 11.8 Å². The van der Waals surface area contributed by atoms with Crippen LogP contribution < -0.4 is 19.3 Å². The number of rotatable bonds is 10. The zero-order valence-electron chi connectivity index (χ0n) is 23.2. The van der Waals surface area contributed by atoms with E-state index in [0.717, 1.165) is 20.9 Å². The zero-order chi connectivity index (χ0) is 29.5. The Hall–Kier alpha value is -5.43. The van der Waals surface area contributed by atoms with Crippen molar-refractivity contribution < 1.29 is 23.9 Å². The number of carbonyl (C=O) groups is 3. The lowest BCUT2D eigenvalue weighted by molar-refractivity contribution is -0.121. The number of para-hydroxylation sites is 2. The van der Waals surface area contributed by atoms with E-state index < -0.39 is 17.8 Å². The van der Waals surface area contributed by atoms with Crippen molar-refractivity contribution in [1.29, 1.82) is 0 Å². The molecule has 0 radical (unpaired) electrons. The van der Waals surface area contributed by atoms with Crippen LogP contribution in [0.15, 0.2) is 121 Å². The number of nitrogens with zero attached hydrogens (tertiary/aromatic N) is 2. The van der Waals surface area contributed by atoms with Gasteiger partial charge < -0.3 is 9.47 Å². The number of urea groups is 1. The van der Waals surface area contributed by atoms with Crippen molar-refractivity contribution in [3.63, 3.8) is 0 Å². The van der Waals surface area contributed by atoms with Crippen molar-refractivity contribution in [1.82, 2.24) is 0 Å². The van der Waals surface area contributed by atoms with Crippen LogP contribution in [0.5, 0.6) is 11.5 Å². The summed E-state index contributed by atoms with van der Waals surface area (Å²) in [6, 6.07) is 29.7. The summed E-state index contributed by atoms with van der Waals surface area (Å²) in [5.41, 5.74) is 2.89. The molecule has 0 spiro atoms. The Morgan fingerprint density at radius 2 is 1.29 bits per heavy atom. The second-order valence-corrected chi connectivity index (χ2v) is 9.50. The van der Waals surface area contributed by atoms with Gasteiger partial charge in [-0.2, -0.15) is 0 Å². The smallest absolute Gasteiger partial charge is 0.343 e. The third-order valence-corrected chi connectivity index (χ3v) is 6.63. The van der Waals surface area contributed by atoms with Gasteiger partial charge in [0.15, 0.2) is 11.5 Å². The predicted molar refractivity (Wildman–Crippen MR) is 164 cm³/mol. The van der Waals surface area contributed by atoms with Gasteiger partial charge in [-0.25, -0.2) is 14.6 Å². The van der Waals surface area contributed by atoms with Gasteiger partial charge in [0.1, 0.15) is 12.2 Å². The highest BCUT2D eigenvalue weighted by molar-refractivity contribution is 6.46. The van der Waals surface area contributed by atoms with E-state index in [1.165, 1.54) is 6.08 Å². The lowest BCUT2D eigenvalue weighted by Gasteiger charge is -2.34. The highest BCUT2D eigenvalue weighted by atomic mass is 16.5. The van der Waals surface area contributed by atoms with Crippen LogP contribution in [0.3, 0.4) is 0 Å². The average molecular weight is 559 g/mol. The number of carbonyl (C=O) groups excluding carboxylic acids is 3. The molecule has 0 N–H and O–H groups in total. The second-order valence-electron chi connectivity index (χ2n) is 9.50. The van der Waals surface area contributed by atoms with Crippen LogP contribution in [0.25, 0.3) is 6.08 Å². The summed E-state index contributed by atoms with van der Waals surface area (Å²) in [4.78, 5) is 43.2. The first kappa shape index (κ1) is 28.1. The van der Waals surface area contributed by atoms with Gasteiger partial charge in [0.2, 0.25) is 0 Å². The summed E-state index contributed by atoms with van der Waals surface area (Å²) in [6.07, 6.45) is 3.72. The van der Waals surface area contributed by atoms with Crippen LogP contribution in [-0.2, 0) is 22.6 Å². The van der Waals surface area contributed by atoms with Crippen LogP contribution in [0.1, 0.15) is 23.6 Å². The fraction of sp³-hybridized carbons (Fsp3) is 0.114. The van der Waals surface area contributed by atoms with Crippen LogP contribution in [0, 0.1) is 0 Å². The van der Waals surface area contributed by atoms with Crippen molar-refractivity contribution in [2.45, 2.75) is 20.0 Å². The normalized spacial score (nSPS) is 13.3. The molecule has 1 saturated heterocycles. The van der Waals surface area contributed by atoms with Gasteiger partial charge in [-0.1, -0.05) is 72.8 Å². The first-order chi connectivity index (χ1) is 20.5. The Morgan fingerprint density at radius 1 is 0.738 bits per heavy atom. The summed E-state index contributed by atoms with van der Waals surface area (Å²) in [7, 11) is 0. The molecule has 7 heteroatoms. The summed E-state index contributed by atoms with van der Waals surface area (Å²) < 4.78 is 12.2. The van der Waals surface area contributed by atoms with E-state index in [0.29, 0.717) is 48.1 Å². The van der Waals surface area contributed by atoms with Crippen molar-refractivity contribution in [2.24, 2.45) is 0 Å². The number of amides is 4. The lowest BCUT2D eigenvalue weighted by Crippen LogP contribution is -2.57. The Bertz CT molecular complexity index is 1570. The van der Waals surface area contributed by atoms with Crippen molar-refractivity contribution in [3.05, 3.63) is 138 Å². The van der Waals surface area contributed by atoms with Crippen molar-refractivity contribution in [2.75, 3.05) is 16.4 Å². The number of hydrogen-bond donors (Lipinski definition) is 0. The monoisotopic (exact) mass is 558 g/mol. The molecule has 7 nitrogen and oxygen atoms in total. The molecule has 0 unspecified atom stereocenters. The maximum atomic E-state index is 13.8. The van der Waals surface area contributed by atoms with E-state index in [9.17, 15) is 14.4 Å². The van der Waals surface area contributed by atoms with Crippen LogP contribution in [-0.4, -0.2) is 24.5 Å². The molecular weight excluding hydrogens is 528 g/mol. The largest absolute Gasteiger partial charge is 0.490 e. The molecule has 42 heavy (non-hydrogen) atoms. The Balaban J connectivity index is 1.60. The first-order valence-corrected chi connectivity index (χ1v) is 13.6. The number of barbiturate groups is 1. The molecule has 5 rings (SSSR count). The first-order valence-electron chi connectivity index (χ1n) is 13.6. The molecular formula is C35H30N2O5. The summed E-state index contributed by atoms with van der Waals surface area (Å²) in [5, 5.41) is 0. The Labute approximate surface area is 244 Å². The SMILES string of the molecule is C=CCc1cc(C=C2C(=O)N(c3ccccc3)C(=O)N(c3ccccc3)C2=O)cc(OCC)c1OCc1ccccc1. The van der Waals surface area contributed by atoms with Gasteiger partial charge in [-0.3, -0.25) is 9.59 Å². The summed E-state index contributed by atoms with van der Waals surface area (Å²) >= 11 is 0. The minimum Gasteiger partial charge on any atom is -0.490 e. The maximum Gasteiger partial charge on any atom is 0.343 e. The minimum absolute atomic E-state index is 0.160. The van der Waals surface area contributed by atoms with Crippen LogP contribution in [0.4, 0.5) is 16.2 Å². The van der Waals surface area contributed by atoms with E-state index >= 15 is 0 Å². The third kappa shape index (κ3) is 5.86. The molecule has 0 saturated carbocycles. The highest BCUT2D eigenvalue weighted by Gasteiger charge is 2.43. The quantitative estimate of drug-likeness (QED) is 0.119. The fourth-order valence-electron chi connectivity index (χ4n) is 4.74. The molecule has 1 aliphatic rings. The van der Waals surface area contributed by atoms with Crippen molar-refractivity contribution in [3.8, 4) is 11.5 Å². The predicted octanol–water partition coefficient (Wildman–Crippen LogP) is 6.98. The fourth-order valence-corrected chi connectivity index (χ4v) is 4.74. The molecule has 0 aliphatic carbocycles. The van der Waals surface area contributed by atoms with E-state index in [-0.39, 0.29) is 5.57 Å².